The number of nitrogens with one attached hydrogen (secondary N) is 1. The lowest BCUT2D eigenvalue weighted by Gasteiger charge is -2.14. The fourth-order valence-corrected chi connectivity index (χ4v) is 3.27. The lowest BCUT2D eigenvalue weighted by atomic mass is 10.1. The minimum absolute atomic E-state index is 0.0738. The zero-order valence-corrected chi connectivity index (χ0v) is 18.9. The summed E-state index contributed by atoms with van der Waals surface area (Å²) in [6, 6.07) is 14.8. The van der Waals surface area contributed by atoms with Gasteiger partial charge < -0.3 is 22.5 Å². The summed E-state index contributed by atoms with van der Waals surface area (Å²) in [6.45, 7) is 3.63. The summed E-state index contributed by atoms with van der Waals surface area (Å²) in [5.41, 5.74) is 20.0. The Labute approximate surface area is 197 Å². The van der Waals surface area contributed by atoms with E-state index in [9.17, 15) is 9.18 Å². The number of amidine groups is 1. The van der Waals surface area contributed by atoms with Crippen molar-refractivity contribution in [2.75, 3.05) is 5.32 Å². The van der Waals surface area contributed by atoms with Gasteiger partial charge in [0.05, 0.1) is 23.0 Å². The molecule has 1 atom stereocenters. The molecule has 0 saturated heterocycles. The summed E-state index contributed by atoms with van der Waals surface area (Å²) >= 11 is 0. The van der Waals surface area contributed by atoms with E-state index in [0.29, 0.717) is 28.3 Å². The number of pyridine rings is 2. The summed E-state index contributed by atoms with van der Waals surface area (Å²) in [6.07, 6.45) is 4.24. The molecule has 0 saturated carbocycles. The number of hydrogen-bond donors (Lipinski definition) is 4. The van der Waals surface area contributed by atoms with Crippen LogP contribution in [0.2, 0.25) is 0 Å². The zero-order valence-electron chi connectivity index (χ0n) is 18.9. The van der Waals surface area contributed by atoms with Gasteiger partial charge in [0.25, 0.3) is 5.91 Å². The number of primary amides is 1. The zero-order chi connectivity index (χ0) is 24.7. The lowest BCUT2D eigenvalue weighted by Crippen LogP contribution is -2.16. The summed E-state index contributed by atoms with van der Waals surface area (Å²) in [7, 11) is 0. The number of rotatable bonds is 8. The third-order valence-electron chi connectivity index (χ3n) is 4.92. The van der Waals surface area contributed by atoms with Crippen LogP contribution in [0.4, 0.5) is 10.2 Å². The van der Waals surface area contributed by atoms with Crippen LogP contribution in [-0.2, 0) is 4.79 Å². The monoisotopic (exact) mass is 459 g/mol. The normalized spacial score (nSPS) is 13.4. The Balaban J connectivity index is 2.04. The maximum absolute atomic E-state index is 14.2. The number of aryl methyl sites for hydroxylation is 1. The van der Waals surface area contributed by atoms with Crippen LogP contribution in [0, 0.1) is 12.7 Å². The van der Waals surface area contributed by atoms with E-state index >= 15 is 0 Å². The molecule has 0 aliphatic carbocycles. The summed E-state index contributed by atoms with van der Waals surface area (Å²) < 4.78 is 14.2. The Morgan fingerprint density at radius 3 is 2.59 bits per heavy atom. The second-order valence-electron chi connectivity index (χ2n) is 7.47. The number of carbonyl (C=O) groups excluding carboxylic acids is 1. The predicted molar refractivity (Wildman–Crippen MR) is 133 cm³/mol. The average Bonchev–Trinajstić information content (AvgIpc) is 2.79. The number of carbonyl (C=O) groups is 1. The molecule has 0 spiro atoms. The molecule has 0 radical (unpaired) electrons. The van der Waals surface area contributed by atoms with E-state index in [4.69, 9.17) is 17.2 Å². The van der Waals surface area contributed by atoms with E-state index in [0.717, 1.165) is 11.9 Å². The number of nitrogens with two attached hydrogens (primary N) is 3. The maximum atomic E-state index is 14.2. The molecule has 9 heteroatoms. The highest BCUT2D eigenvalue weighted by Crippen LogP contribution is 2.23. The van der Waals surface area contributed by atoms with Crippen LogP contribution in [0.1, 0.15) is 35.5 Å². The first kappa shape index (κ1) is 24.1. The van der Waals surface area contributed by atoms with E-state index < -0.39 is 11.9 Å². The minimum Gasteiger partial charge on any atom is -0.404 e. The van der Waals surface area contributed by atoms with Gasteiger partial charge in [-0.05, 0) is 44.2 Å². The van der Waals surface area contributed by atoms with E-state index in [1.165, 1.54) is 12.3 Å². The molecular weight excluding hydrogens is 433 g/mol. The molecule has 0 bridgehead atoms. The van der Waals surface area contributed by atoms with Crippen molar-refractivity contribution in [3.8, 4) is 0 Å². The second-order valence-corrected chi connectivity index (χ2v) is 7.47. The summed E-state index contributed by atoms with van der Waals surface area (Å²) in [4.78, 5) is 24.8. The highest BCUT2D eigenvalue weighted by Gasteiger charge is 2.13. The number of amides is 1. The van der Waals surface area contributed by atoms with Gasteiger partial charge >= 0.3 is 0 Å². The molecule has 0 aliphatic heterocycles. The number of aromatic nitrogens is 2. The van der Waals surface area contributed by atoms with Crippen molar-refractivity contribution in [3.63, 3.8) is 0 Å². The molecule has 2 heterocycles. The number of nitrogens with zero attached hydrogens (tertiary/aromatic N) is 3. The van der Waals surface area contributed by atoms with Crippen LogP contribution in [0.25, 0.3) is 11.3 Å². The van der Waals surface area contributed by atoms with Crippen molar-refractivity contribution in [1.29, 1.82) is 0 Å². The Bertz CT molecular complexity index is 1280. The first-order valence-electron chi connectivity index (χ1n) is 10.5. The molecule has 174 valence electrons. The van der Waals surface area contributed by atoms with Crippen molar-refractivity contribution < 1.29 is 9.18 Å². The number of anilines is 1. The van der Waals surface area contributed by atoms with Gasteiger partial charge in [-0.2, -0.15) is 0 Å². The van der Waals surface area contributed by atoms with Gasteiger partial charge in [0.2, 0.25) is 0 Å². The molecule has 1 unspecified atom stereocenters. The van der Waals surface area contributed by atoms with E-state index in [-0.39, 0.29) is 17.2 Å². The van der Waals surface area contributed by atoms with Crippen LogP contribution >= 0.6 is 0 Å². The van der Waals surface area contributed by atoms with Crippen molar-refractivity contribution in [2.24, 2.45) is 22.2 Å². The molecule has 34 heavy (non-hydrogen) atoms. The summed E-state index contributed by atoms with van der Waals surface area (Å²) in [5, 5.41) is 3.23. The fourth-order valence-electron chi connectivity index (χ4n) is 3.27. The van der Waals surface area contributed by atoms with Gasteiger partial charge in [0, 0.05) is 35.3 Å². The van der Waals surface area contributed by atoms with Crippen LogP contribution in [0.5, 0.6) is 0 Å². The van der Waals surface area contributed by atoms with Gasteiger partial charge in [-0.15, -0.1) is 0 Å². The van der Waals surface area contributed by atoms with Gasteiger partial charge in [-0.3, -0.25) is 14.8 Å². The largest absolute Gasteiger partial charge is 0.404 e. The number of hydrogen-bond acceptors (Lipinski definition) is 6. The minimum atomic E-state index is -0.703. The van der Waals surface area contributed by atoms with E-state index in [1.54, 1.807) is 49.4 Å². The molecule has 1 aromatic carbocycles. The molecular formula is C25H26FN7O. The summed E-state index contributed by atoms with van der Waals surface area (Å²) in [5.74, 6) is -0.326. The number of benzene rings is 1. The molecule has 8 nitrogen and oxygen atoms in total. The van der Waals surface area contributed by atoms with Crippen molar-refractivity contribution in [3.05, 3.63) is 101 Å². The highest BCUT2D eigenvalue weighted by atomic mass is 19.1. The molecule has 7 N–H and O–H groups in total. The third-order valence-corrected chi connectivity index (χ3v) is 4.92. The first-order chi connectivity index (χ1) is 16.3. The Morgan fingerprint density at radius 1 is 1.15 bits per heavy atom. The van der Waals surface area contributed by atoms with Crippen molar-refractivity contribution in [2.45, 2.75) is 19.9 Å². The van der Waals surface area contributed by atoms with Crippen LogP contribution in [0.3, 0.4) is 0 Å². The topological polar surface area (TPSA) is 145 Å². The molecule has 3 rings (SSSR count). The van der Waals surface area contributed by atoms with Gasteiger partial charge in [-0.25, -0.2) is 9.37 Å². The first-order valence-corrected chi connectivity index (χ1v) is 10.5. The second kappa shape index (κ2) is 10.9. The van der Waals surface area contributed by atoms with Crippen LogP contribution < -0.4 is 22.5 Å². The molecule has 2 aromatic heterocycles. The van der Waals surface area contributed by atoms with Gasteiger partial charge in [0.1, 0.15) is 17.5 Å². The smallest absolute Gasteiger partial charge is 0.252 e. The molecule has 0 fully saturated rings. The Hall–Kier alpha value is -4.53. The number of halogens is 1. The Morgan fingerprint density at radius 2 is 1.91 bits per heavy atom. The van der Waals surface area contributed by atoms with Crippen LogP contribution in [0.15, 0.2) is 78.1 Å². The predicted octanol–water partition coefficient (Wildman–Crippen LogP) is 3.28. The lowest BCUT2D eigenvalue weighted by molar-refractivity contribution is -0.112. The van der Waals surface area contributed by atoms with Gasteiger partial charge in [-0.1, -0.05) is 24.3 Å². The third kappa shape index (κ3) is 6.04. The van der Waals surface area contributed by atoms with E-state index in [1.807, 2.05) is 19.1 Å². The van der Waals surface area contributed by atoms with Gasteiger partial charge in [0.15, 0.2) is 0 Å². The maximum Gasteiger partial charge on any atom is 0.252 e. The SMILES string of the molecule is Cc1cccc(N/C(=C\C(N)=NC(C)c2ccccc2F)c2ccnc(C(=CN)C(N)=O)c2)n1. The van der Waals surface area contributed by atoms with Crippen LogP contribution in [-0.4, -0.2) is 21.7 Å². The standard InChI is InChI=1S/C25H26FN7O/c1-15-6-5-9-24(31-15)33-21(17-10-11-30-22(12-17)19(14-27)25(29)34)13-23(28)32-16(2)18-7-3-4-8-20(18)26/h3-14,16H,27H2,1-2H3,(H2,28,32)(H2,29,34)(H,31,33)/b19-14?,21-13-. The molecule has 1 amide bonds. The van der Waals surface area contributed by atoms with E-state index in [2.05, 4.69) is 20.3 Å². The average molecular weight is 460 g/mol. The highest BCUT2D eigenvalue weighted by molar-refractivity contribution is 6.18. The fraction of sp³-hybridized carbons (Fsp3) is 0.120. The number of aliphatic imine (C=N–C) groups is 1. The Kier molecular flexibility index (Phi) is 7.71. The van der Waals surface area contributed by atoms with Crippen molar-refractivity contribution >= 4 is 28.8 Å². The van der Waals surface area contributed by atoms with Crippen molar-refractivity contribution in [1.82, 2.24) is 9.97 Å². The molecule has 3 aromatic rings. The molecule has 0 aliphatic rings. The quantitative estimate of drug-likeness (QED) is 0.231.